The van der Waals surface area contributed by atoms with E-state index in [0.29, 0.717) is 17.5 Å². The van der Waals surface area contributed by atoms with Gasteiger partial charge in [-0.15, -0.1) is 0 Å². The van der Waals surface area contributed by atoms with Crippen LogP contribution in [0, 0.1) is 11.8 Å². The van der Waals surface area contributed by atoms with Gasteiger partial charge < -0.3 is 9.64 Å². The molecule has 0 N–H and O–H groups in total. The first-order valence-corrected chi connectivity index (χ1v) is 7.37. The fourth-order valence-electron chi connectivity index (χ4n) is 2.84. The SMILES string of the molecule is COC(=O)Cn1ncc(N2CC(C)CC(C)C2)c(Cl)c1=O. The molecule has 1 saturated heterocycles. The van der Waals surface area contributed by atoms with Crippen molar-refractivity contribution in [1.29, 1.82) is 0 Å². The van der Waals surface area contributed by atoms with Crippen LogP contribution in [-0.2, 0) is 16.1 Å². The Morgan fingerprint density at radius 2 is 2.05 bits per heavy atom. The molecule has 116 valence electrons. The minimum absolute atomic E-state index is 0.107. The van der Waals surface area contributed by atoms with Crippen molar-refractivity contribution in [2.75, 3.05) is 25.1 Å². The standard InChI is InChI=1S/C14H20ClN3O3/c1-9-4-10(2)7-17(6-9)11-5-16-18(8-12(19)21-3)14(20)13(11)15/h5,9-10H,4,6-8H2,1-3H3. The van der Waals surface area contributed by atoms with Gasteiger partial charge in [0.25, 0.3) is 5.56 Å². The first kappa shape index (κ1) is 15.8. The van der Waals surface area contributed by atoms with Crippen LogP contribution < -0.4 is 10.5 Å². The van der Waals surface area contributed by atoms with Gasteiger partial charge in [-0.25, -0.2) is 4.68 Å². The van der Waals surface area contributed by atoms with Crippen LogP contribution in [-0.4, -0.2) is 35.9 Å². The summed E-state index contributed by atoms with van der Waals surface area (Å²) in [6.45, 7) is 5.84. The molecule has 7 heteroatoms. The molecule has 2 atom stereocenters. The third-order valence-corrected chi connectivity index (χ3v) is 4.04. The highest BCUT2D eigenvalue weighted by Crippen LogP contribution is 2.28. The lowest BCUT2D eigenvalue weighted by molar-refractivity contribution is -0.141. The number of ether oxygens (including phenoxy) is 1. The molecule has 2 rings (SSSR count). The van der Waals surface area contributed by atoms with Gasteiger partial charge in [0, 0.05) is 13.1 Å². The number of hydrogen-bond acceptors (Lipinski definition) is 5. The minimum Gasteiger partial charge on any atom is -0.468 e. The predicted octanol–water partition coefficient (Wildman–Crippen LogP) is 1.55. The van der Waals surface area contributed by atoms with Crippen LogP contribution in [0.3, 0.4) is 0 Å². The number of anilines is 1. The summed E-state index contributed by atoms with van der Waals surface area (Å²) in [5.41, 5.74) is 0.173. The highest BCUT2D eigenvalue weighted by atomic mass is 35.5. The molecule has 1 aromatic heterocycles. The first-order chi connectivity index (χ1) is 9.92. The number of carbonyl (C=O) groups excluding carboxylic acids is 1. The summed E-state index contributed by atoms with van der Waals surface area (Å²) in [6, 6.07) is 0. The normalized spacial score (nSPS) is 22.2. The average Bonchev–Trinajstić information content (AvgIpc) is 2.42. The summed E-state index contributed by atoms with van der Waals surface area (Å²) in [4.78, 5) is 25.5. The van der Waals surface area contributed by atoms with E-state index in [1.165, 1.54) is 13.5 Å². The third kappa shape index (κ3) is 3.56. The zero-order chi connectivity index (χ0) is 15.6. The molecule has 0 spiro atoms. The third-order valence-electron chi connectivity index (χ3n) is 3.68. The van der Waals surface area contributed by atoms with Crippen molar-refractivity contribution in [3.63, 3.8) is 0 Å². The number of carbonyl (C=O) groups is 1. The van der Waals surface area contributed by atoms with Crippen LogP contribution in [0.5, 0.6) is 0 Å². The van der Waals surface area contributed by atoms with E-state index in [2.05, 4.69) is 28.6 Å². The van der Waals surface area contributed by atoms with Crippen molar-refractivity contribution in [2.45, 2.75) is 26.8 Å². The van der Waals surface area contributed by atoms with E-state index in [4.69, 9.17) is 11.6 Å². The van der Waals surface area contributed by atoms with Gasteiger partial charge in [0.1, 0.15) is 11.6 Å². The summed E-state index contributed by atoms with van der Waals surface area (Å²) in [5, 5.41) is 4.14. The summed E-state index contributed by atoms with van der Waals surface area (Å²) in [7, 11) is 1.26. The molecule has 0 aliphatic carbocycles. The van der Waals surface area contributed by atoms with Crippen molar-refractivity contribution in [3.05, 3.63) is 21.6 Å². The second-order valence-electron chi connectivity index (χ2n) is 5.73. The molecule has 0 bridgehead atoms. The highest BCUT2D eigenvalue weighted by Gasteiger charge is 2.25. The summed E-state index contributed by atoms with van der Waals surface area (Å²) >= 11 is 6.19. The molecule has 1 aliphatic rings. The Balaban J connectivity index is 2.28. The zero-order valence-corrected chi connectivity index (χ0v) is 13.3. The van der Waals surface area contributed by atoms with Crippen molar-refractivity contribution < 1.29 is 9.53 Å². The highest BCUT2D eigenvalue weighted by molar-refractivity contribution is 6.33. The molecule has 6 nitrogen and oxygen atoms in total. The average molecular weight is 314 g/mol. The topological polar surface area (TPSA) is 64.4 Å². The van der Waals surface area contributed by atoms with Crippen LogP contribution in [0.25, 0.3) is 0 Å². The van der Waals surface area contributed by atoms with E-state index >= 15 is 0 Å². The Bertz CT molecular complexity index is 577. The molecule has 1 aliphatic heterocycles. The lowest BCUT2D eigenvalue weighted by Gasteiger charge is -2.36. The molecule has 2 heterocycles. The smallest absolute Gasteiger partial charge is 0.327 e. The molecule has 0 aromatic carbocycles. The van der Waals surface area contributed by atoms with Gasteiger partial charge in [-0.3, -0.25) is 9.59 Å². The monoisotopic (exact) mass is 313 g/mol. The van der Waals surface area contributed by atoms with Crippen molar-refractivity contribution in [1.82, 2.24) is 9.78 Å². The van der Waals surface area contributed by atoms with E-state index in [-0.39, 0.29) is 11.6 Å². The lowest BCUT2D eigenvalue weighted by atomic mass is 9.92. The number of esters is 1. The van der Waals surface area contributed by atoms with E-state index in [1.54, 1.807) is 6.20 Å². The van der Waals surface area contributed by atoms with Gasteiger partial charge >= 0.3 is 5.97 Å². The number of halogens is 1. The first-order valence-electron chi connectivity index (χ1n) is 6.99. The van der Waals surface area contributed by atoms with Gasteiger partial charge in [0.15, 0.2) is 0 Å². The Morgan fingerprint density at radius 3 is 2.62 bits per heavy atom. The fraction of sp³-hybridized carbons (Fsp3) is 0.643. The van der Waals surface area contributed by atoms with Gasteiger partial charge in [-0.05, 0) is 18.3 Å². The number of methoxy groups -OCH3 is 1. The van der Waals surface area contributed by atoms with Gasteiger partial charge in [-0.1, -0.05) is 25.4 Å². The molecule has 0 amide bonds. The van der Waals surface area contributed by atoms with E-state index in [9.17, 15) is 9.59 Å². The maximum absolute atomic E-state index is 12.2. The molecule has 1 fully saturated rings. The van der Waals surface area contributed by atoms with E-state index in [1.807, 2.05) is 0 Å². The van der Waals surface area contributed by atoms with E-state index in [0.717, 1.165) is 17.8 Å². The summed E-state index contributed by atoms with van der Waals surface area (Å²) in [6.07, 6.45) is 2.72. The molecule has 1 aromatic rings. The number of rotatable bonds is 3. The van der Waals surface area contributed by atoms with Crippen LogP contribution in [0.4, 0.5) is 5.69 Å². The van der Waals surface area contributed by atoms with Crippen LogP contribution >= 0.6 is 11.6 Å². The minimum atomic E-state index is -0.534. The summed E-state index contributed by atoms with van der Waals surface area (Å²) < 4.78 is 5.55. The number of aromatic nitrogens is 2. The molecule has 21 heavy (non-hydrogen) atoms. The summed E-state index contributed by atoms with van der Waals surface area (Å²) in [5.74, 6) is 0.554. The van der Waals surface area contributed by atoms with Gasteiger partial charge in [0.05, 0.1) is 19.0 Å². The maximum Gasteiger partial charge on any atom is 0.327 e. The van der Waals surface area contributed by atoms with Crippen molar-refractivity contribution in [2.24, 2.45) is 11.8 Å². The second kappa shape index (κ2) is 6.47. The Labute approximate surface area is 128 Å². The van der Waals surface area contributed by atoms with Gasteiger partial charge in [-0.2, -0.15) is 5.10 Å². The van der Waals surface area contributed by atoms with Crippen LogP contribution in [0.2, 0.25) is 5.02 Å². The van der Waals surface area contributed by atoms with Crippen LogP contribution in [0.15, 0.2) is 11.0 Å². The zero-order valence-electron chi connectivity index (χ0n) is 12.5. The Kier molecular flexibility index (Phi) is 4.88. The molecule has 0 saturated carbocycles. The molecule has 0 radical (unpaired) electrons. The second-order valence-corrected chi connectivity index (χ2v) is 6.11. The van der Waals surface area contributed by atoms with Crippen molar-refractivity contribution in [3.8, 4) is 0 Å². The largest absolute Gasteiger partial charge is 0.468 e. The van der Waals surface area contributed by atoms with Crippen molar-refractivity contribution >= 4 is 23.3 Å². The molecule has 2 unspecified atom stereocenters. The lowest BCUT2D eigenvalue weighted by Crippen LogP contribution is -2.40. The predicted molar refractivity (Wildman–Crippen MR) is 80.7 cm³/mol. The number of nitrogens with zero attached hydrogens (tertiary/aromatic N) is 3. The fourth-order valence-corrected chi connectivity index (χ4v) is 3.10. The quantitative estimate of drug-likeness (QED) is 0.792. The molecular formula is C14H20ClN3O3. The Morgan fingerprint density at radius 1 is 1.43 bits per heavy atom. The van der Waals surface area contributed by atoms with Crippen LogP contribution in [0.1, 0.15) is 20.3 Å². The van der Waals surface area contributed by atoms with E-state index < -0.39 is 11.5 Å². The maximum atomic E-state index is 12.2. The van der Waals surface area contributed by atoms with Gasteiger partial charge in [0.2, 0.25) is 0 Å². The molecular weight excluding hydrogens is 294 g/mol. The Hall–Kier alpha value is -1.56. The number of piperidine rings is 1. The number of hydrogen-bond donors (Lipinski definition) is 0.